The maximum atomic E-state index is 12.7. The van der Waals surface area contributed by atoms with E-state index in [0.29, 0.717) is 11.8 Å². The average Bonchev–Trinajstić information content (AvgIpc) is 3.56. The van der Waals surface area contributed by atoms with E-state index in [-0.39, 0.29) is 11.9 Å². The monoisotopic (exact) mass is 439 g/mol. The lowest BCUT2D eigenvalue weighted by atomic mass is 9.89. The standard InChI is InChI=1S/C24H33N5OS/c1-17(19-10-9-18-7-3-4-8-20(18)15-19)25-22(30)16-31-24-27-26-23(29(24)21-11-12-21)28-13-5-2-6-14-28/h9-10,15,17,21H,2-8,11-14,16H2,1H3,(H,25,30). The van der Waals surface area contributed by atoms with Gasteiger partial charge in [0.1, 0.15) is 0 Å². The number of aromatic nitrogens is 3. The van der Waals surface area contributed by atoms with Crippen LogP contribution < -0.4 is 10.2 Å². The molecule has 2 aliphatic carbocycles. The Hall–Kier alpha value is -2.02. The Morgan fingerprint density at radius 1 is 1.10 bits per heavy atom. The second kappa shape index (κ2) is 9.23. The van der Waals surface area contributed by atoms with Crippen molar-refractivity contribution in [1.82, 2.24) is 20.1 Å². The molecular weight excluding hydrogens is 406 g/mol. The Balaban J connectivity index is 1.20. The molecule has 7 heteroatoms. The molecule has 1 N–H and O–H groups in total. The summed E-state index contributed by atoms with van der Waals surface area (Å²) in [6.07, 6.45) is 11.0. The van der Waals surface area contributed by atoms with E-state index in [1.165, 1.54) is 79.8 Å². The van der Waals surface area contributed by atoms with Gasteiger partial charge in [0.05, 0.1) is 11.8 Å². The van der Waals surface area contributed by atoms with Crippen molar-refractivity contribution >= 4 is 23.6 Å². The molecule has 1 unspecified atom stereocenters. The first kappa shape index (κ1) is 20.9. The summed E-state index contributed by atoms with van der Waals surface area (Å²) in [5.41, 5.74) is 4.14. The van der Waals surface area contributed by atoms with Gasteiger partial charge in [-0.1, -0.05) is 30.0 Å². The van der Waals surface area contributed by atoms with Gasteiger partial charge in [0, 0.05) is 19.1 Å². The Labute approximate surface area is 189 Å². The number of carbonyl (C=O) groups excluding carboxylic acids is 1. The highest BCUT2D eigenvalue weighted by molar-refractivity contribution is 7.99. The minimum Gasteiger partial charge on any atom is -0.349 e. The van der Waals surface area contributed by atoms with Gasteiger partial charge >= 0.3 is 0 Å². The van der Waals surface area contributed by atoms with Gasteiger partial charge < -0.3 is 10.2 Å². The fourth-order valence-corrected chi connectivity index (χ4v) is 5.66. The first-order valence-electron chi connectivity index (χ1n) is 11.9. The van der Waals surface area contributed by atoms with Gasteiger partial charge in [0.15, 0.2) is 5.16 Å². The summed E-state index contributed by atoms with van der Waals surface area (Å²) in [6.45, 7) is 4.21. The van der Waals surface area contributed by atoms with Crippen LogP contribution in [0.15, 0.2) is 23.4 Å². The average molecular weight is 440 g/mol. The summed E-state index contributed by atoms with van der Waals surface area (Å²) in [5, 5.41) is 13.0. The molecule has 1 saturated carbocycles. The van der Waals surface area contributed by atoms with E-state index in [1.54, 1.807) is 0 Å². The number of rotatable bonds is 7. The topological polar surface area (TPSA) is 63.1 Å². The van der Waals surface area contributed by atoms with Crippen LogP contribution in [-0.4, -0.2) is 39.5 Å². The highest BCUT2D eigenvalue weighted by Gasteiger charge is 2.32. The van der Waals surface area contributed by atoms with E-state index < -0.39 is 0 Å². The summed E-state index contributed by atoms with van der Waals surface area (Å²) in [4.78, 5) is 15.1. The smallest absolute Gasteiger partial charge is 0.230 e. The van der Waals surface area contributed by atoms with E-state index >= 15 is 0 Å². The van der Waals surface area contributed by atoms with Crippen LogP contribution in [0.2, 0.25) is 0 Å². The van der Waals surface area contributed by atoms with Crippen LogP contribution in [0.25, 0.3) is 0 Å². The molecule has 2 fully saturated rings. The lowest BCUT2D eigenvalue weighted by Gasteiger charge is -2.27. The summed E-state index contributed by atoms with van der Waals surface area (Å²) >= 11 is 1.52. The van der Waals surface area contributed by atoms with Crippen molar-refractivity contribution in [3.8, 4) is 0 Å². The van der Waals surface area contributed by atoms with Crippen molar-refractivity contribution < 1.29 is 4.79 Å². The van der Waals surface area contributed by atoms with Crippen LogP contribution in [0.4, 0.5) is 5.95 Å². The summed E-state index contributed by atoms with van der Waals surface area (Å²) in [6, 6.07) is 7.25. The van der Waals surface area contributed by atoms with Gasteiger partial charge in [-0.3, -0.25) is 9.36 Å². The molecule has 0 bridgehead atoms. The molecule has 1 aromatic carbocycles. The largest absolute Gasteiger partial charge is 0.349 e. The molecule has 1 amide bonds. The number of carbonyl (C=O) groups is 1. The van der Waals surface area contributed by atoms with Crippen molar-refractivity contribution in [3.05, 3.63) is 34.9 Å². The molecule has 1 aliphatic heterocycles. The van der Waals surface area contributed by atoms with Crippen LogP contribution in [-0.2, 0) is 17.6 Å². The van der Waals surface area contributed by atoms with Gasteiger partial charge in [-0.15, -0.1) is 10.2 Å². The van der Waals surface area contributed by atoms with Gasteiger partial charge in [-0.05, 0) is 81.4 Å². The predicted octanol–water partition coefficient (Wildman–Crippen LogP) is 4.45. The number of fused-ring (bicyclic) bond motifs is 1. The van der Waals surface area contributed by atoms with Gasteiger partial charge in [0.2, 0.25) is 11.9 Å². The minimum atomic E-state index is 0.0190. The Kier molecular flexibility index (Phi) is 6.21. The summed E-state index contributed by atoms with van der Waals surface area (Å²) in [7, 11) is 0. The van der Waals surface area contributed by atoms with Crippen molar-refractivity contribution in [2.45, 2.75) is 82.0 Å². The molecule has 166 valence electrons. The van der Waals surface area contributed by atoms with E-state index in [0.717, 1.165) is 30.6 Å². The van der Waals surface area contributed by atoms with Crippen molar-refractivity contribution in [3.63, 3.8) is 0 Å². The first-order chi connectivity index (χ1) is 15.2. The van der Waals surface area contributed by atoms with Crippen LogP contribution in [0.5, 0.6) is 0 Å². The van der Waals surface area contributed by atoms with Crippen LogP contribution in [0.3, 0.4) is 0 Å². The predicted molar refractivity (Wildman–Crippen MR) is 125 cm³/mol. The number of benzene rings is 1. The van der Waals surface area contributed by atoms with Crippen LogP contribution >= 0.6 is 11.8 Å². The third-order valence-corrected chi connectivity index (χ3v) is 7.72. The van der Waals surface area contributed by atoms with Crippen molar-refractivity contribution in [2.24, 2.45) is 0 Å². The first-order valence-corrected chi connectivity index (χ1v) is 12.9. The zero-order valence-corrected chi connectivity index (χ0v) is 19.3. The minimum absolute atomic E-state index is 0.0190. The lowest BCUT2D eigenvalue weighted by molar-refractivity contribution is -0.119. The van der Waals surface area contributed by atoms with E-state index in [1.807, 2.05) is 0 Å². The van der Waals surface area contributed by atoms with Crippen LogP contribution in [0, 0.1) is 0 Å². The highest BCUT2D eigenvalue weighted by Crippen LogP contribution is 2.41. The molecule has 0 radical (unpaired) electrons. The number of nitrogens with zero attached hydrogens (tertiary/aromatic N) is 4. The van der Waals surface area contributed by atoms with Crippen molar-refractivity contribution in [2.75, 3.05) is 23.7 Å². The Morgan fingerprint density at radius 2 is 1.87 bits per heavy atom. The van der Waals surface area contributed by atoms with Crippen molar-refractivity contribution in [1.29, 1.82) is 0 Å². The molecular formula is C24H33N5OS. The van der Waals surface area contributed by atoms with E-state index in [9.17, 15) is 4.79 Å². The molecule has 1 atom stereocenters. The Morgan fingerprint density at radius 3 is 2.65 bits per heavy atom. The molecule has 3 aliphatic rings. The zero-order chi connectivity index (χ0) is 21.2. The maximum absolute atomic E-state index is 12.7. The number of piperidine rings is 1. The Bertz CT molecular complexity index is 932. The third-order valence-electron chi connectivity index (χ3n) is 6.78. The number of hydrogen-bond acceptors (Lipinski definition) is 5. The van der Waals surface area contributed by atoms with Gasteiger partial charge in [-0.25, -0.2) is 0 Å². The molecule has 2 heterocycles. The number of hydrogen-bond donors (Lipinski definition) is 1. The van der Waals surface area contributed by atoms with Gasteiger partial charge in [0.25, 0.3) is 0 Å². The molecule has 31 heavy (non-hydrogen) atoms. The van der Waals surface area contributed by atoms with E-state index in [4.69, 9.17) is 0 Å². The molecule has 1 aromatic heterocycles. The molecule has 0 spiro atoms. The number of aryl methyl sites for hydroxylation is 2. The third kappa shape index (κ3) is 4.76. The summed E-state index contributed by atoms with van der Waals surface area (Å²) < 4.78 is 2.29. The number of thioether (sulfide) groups is 1. The van der Waals surface area contributed by atoms with Crippen LogP contribution in [0.1, 0.15) is 80.6 Å². The van der Waals surface area contributed by atoms with E-state index in [2.05, 4.69) is 50.1 Å². The lowest BCUT2D eigenvalue weighted by Crippen LogP contribution is -2.32. The second-order valence-corrected chi connectivity index (χ2v) is 10.2. The molecule has 1 saturated heterocycles. The fourth-order valence-electron chi connectivity index (χ4n) is 4.85. The molecule has 6 nitrogen and oxygen atoms in total. The number of anilines is 1. The number of amides is 1. The second-order valence-electron chi connectivity index (χ2n) is 9.24. The normalized spacial score (nSPS) is 19.7. The van der Waals surface area contributed by atoms with Gasteiger partial charge in [-0.2, -0.15) is 0 Å². The molecule has 2 aromatic rings. The summed E-state index contributed by atoms with van der Waals surface area (Å²) in [5.74, 6) is 1.44. The fraction of sp³-hybridized carbons (Fsp3) is 0.625. The number of nitrogens with one attached hydrogen (secondary N) is 1. The zero-order valence-electron chi connectivity index (χ0n) is 18.5. The molecule has 5 rings (SSSR count). The SMILES string of the molecule is CC(NC(=O)CSc1nnc(N2CCCCC2)n1C1CC1)c1ccc2c(c1)CCCC2. The quantitative estimate of drug-likeness (QED) is 0.646. The maximum Gasteiger partial charge on any atom is 0.230 e. The highest BCUT2D eigenvalue weighted by atomic mass is 32.2.